The number of carbonyl (C=O) groups is 1. The van der Waals surface area contributed by atoms with Gasteiger partial charge in [0, 0.05) is 17.7 Å². The largest absolute Gasteiger partial charge is 0.328 e. The molecule has 0 atom stereocenters. The van der Waals surface area contributed by atoms with Crippen LogP contribution in [0.1, 0.15) is 16.7 Å². The molecule has 1 aliphatic heterocycles. The number of aryl methyl sites for hydroxylation is 1. The zero-order valence-corrected chi connectivity index (χ0v) is 15.4. The van der Waals surface area contributed by atoms with Crippen LogP contribution in [-0.4, -0.2) is 41.9 Å². The fourth-order valence-corrected chi connectivity index (χ4v) is 3.39. The van der Waals surface area contributed by atoms with Crippen molar-refractivity contribution in [2.45, 2.75) is 13.5 Å². The highest BCUT2D eigenvalue weighted by molar-refractivity contribution is 5.92. The maximum Gasteiger partial charge on any atom is 0.276 e. The number of benzene rings is 2. The lowest BCUT2D eigenvalue weighted by atomic mass is 10.1. The van der Waals surface area contributed by atoms with Gasteiger partial charge in [0.2, 0.25) is 5.91 Å². The first kappa shape index (κ1) is 18.8. The summed E-state index contributed by atoms with van der Waals surface area (Å²) >= 11 is 0. The molecule has 1 saturated heterocycles. The number of rotatable bonds is 5. The molecule has 0 spiro atoms. The summed E-state index contributed by atoms with van der Waals surface area (Å²) in [6, 6.07) is 15.0. The minimum atomic E-state index is -0.433. The van der Waals surface area contributed by atoms with Crippen LogP contribution in [0.25, 0.3) is 6.08 Å². The molecule has 3 rings (SSSR count). The van der Waals surface area contributed by atoms with E-state index in [9.17, 15) is 14.9 Å². The van der Waals surface area contributed by atoms with Crippen molar-refractivity contribution in [3.63, 3.8) is 0 Å². The van der Waals surface area contributed by atoms with Crippen LogP contribution >= 0.6 is 0 Å². The van der Waals surface area contributed by atoms with E-state index in [0.717, 1.165) is 19.6 Å². The Hall–Kier alpha value is -2.99. The molecule has 1 fully saturated rings. The van der Waals surface area contributed by atoms with E-state index in [2.05, 4.69) is 31.2 Å². The van der Waals surface area contributed by atoms with E-state index in [0.29, 0.717) is 18.7 Å². The SMILES string of the molecule is Cc1cccc(C[NH+]2CCN(C(=O)/C=C/c3ccccc3[N+](=O)[O-])CC2)c1. The zero-order valence-electron chi connectivity index (χ0n) is 15.4. The van der Waals surface area contributed by atoms with Crippen molar-refractivity contribution in [1.29, 1.82) is 0 Å². The first-order valence-electron chi connectivity index (χ1n) is 9.12. The number of nitro groups is 1. The molecule has 2 aromatic rings. The Morgan fingerprint density at radius 2 is 1.93 bits per heavy atom. The first-order chi connectivity index (χ1) is 13.0. The Morgan fingerprint density at radius 3 is 2.63 bits per heavy atom. The summed E-state index contributed by atoms with van der Waals surface area (Å²) in [6.07, 6.45) is 2.97. The van der Waals surface area contributed by atoms with E-state index in [1.165, 1.54) is 34.2 Å². The molecule has 140 valence electrons. The van der Waals surface area contributed by atoms with Gasteiger partial charge < -0.3 is 9.80 Å². The topological polar surface area (TPSA) is 67.9 Å². The van der Waals surface area contributed by atoms with Gasteiger partial charge >= 0.3 is 0 Å². The van der Waals surface area contributed by atoms with E-state index in [4.69, 9.17) is 0 Å². The summed E-state index contributed by atoms with van der Waals surface area (Å²) in [5, 5.41) is 11.0. The van der Waals surface area contributed by atoms with Gasteiger partial charge in [0.1, 0.15) is 6.54 Å². The van der Waals surface area contributed by atoms with Crippen molar-refractivity contribution in [2.75, 3.05) is 26.2 Å². The van der Waals surface area contributed by atoms with Gasteiger partial charge in [-0.25, -0.2) is 0 Å². The van der Waals surface area contributed by atoms with Crippen LogP contribution in [0.2, 0.25) is 0 Å². The Balaban J connectivity index is 1.55. The highest BCUT2D eigenvalue weighted by atomic mass is 16.6. The van der Waals surface area contributed by atoms with Gasteiger partial charge in [-0.15, -0.1) is 0 Å². The van der Waals surface area contributed by atoms with E-state index >= 15 is 0 Å². The van der Waals surface area contributed by atoms with Crippen molar-refractivity contribution >= 4 is 17.7 Å². The summed E-state index contributed by atoms with van der Waals surface area (Å²) in [4.78, 5) is 26.3. The second-order valence-corrected chi connectivity index (χ2v) is 6.89. The van der Waals surface area contributed by atoms with Gasteiger partial charge in [0.15, 0.2) is 0 Å². The third kappa shape index (κ3) is 5.01. The van der Waals surface area contributed by atoms with E-state index in [1.54, 1.807) is 18.2 Å². The number of amides is 1. The molecule has 1 aliphatic rings. The van der Waals surface area contributed by atoms with E-state index in [1.807, 2.05) is 4.90 Å². The van der Waals surface area contributed by atoms with Gasteiger partial charge in [-0.05, 0) is 19.1 Å². The number of piperazine rings is 1. The van der Waals surface area contributed by atoms with Crippen LogP contribution in [0.4, 0.5) is 5.69 Å². The fraction of sp³-hybridized carbons (Fsp3) is 0.286. The number of nitro benzene ring substituents is 1. The van der Waals surface area contributed by atoms with Crippen LogP contribution in [-0.2, 0) is 11.3 Å². The van der Waals surface area contributed by atoms with Crippen molar-refractivity contribution in [3.05, 3.63) is 81.4 Å². The molecule has 6 nitrogen and oxygen atoms in total. The third-order valence-electron chi connectivity index (χ3n) is 4.86. The number of carbonyl (C=O) groups excluding carboxylic acids is 1. The molecule has 27 heavy (non-hydrogen) atoms. The summed E-state index contributed by atoms with van der Waals surface area (Å²) < 4.78 is 0. The lowest BCUT2D eigenvalue weighted by molar-refractivity contribution is -0.917. The van der Waals surface area contributed by atoms with Crippen molar-refractivity contribution in [3.8, 4) is 0 Å². The minimum absolute atomic E-state index is 0.00830. The molecule has 0 aliphatic carbocycles. The van der Waals surface area contributed by atoms with Crippen LogP contribution < -0.4 is 4.90 Å². The lowest BCUT2D eigenvalue weighted by Gasteiger charge is -2.31. The minimum Gasteiger partial charge on any atom is -0.328 e. The van der Waals surface area contributed by atoms with E-state index < -0.39 is 4.92 Å². The highest BCUT2D eigenvalue weighted by Gasteiger charge is 2.22. The van der Waals surface area contributed by atoms with E-state index in [-0.39, 0.29) is 11.6 Å². The van der Waals surface area contributed by atoms with Crippen molar-refractivity contribution < 1.29 is 14.6 Å². The van der Waals surface area contributed by atoms with Gasteiger partial charge in [0.05, 0.1) is 36.7 Å². The van der Waals surface area contributed by atoms with Gasteiger partial charge in [0.25, 0.3) is 5.69 Å². The molecule has 1 amide bonds. The molecule has 1 heterocycles. The molecule has 0 radical (unpaired) electrons. The molecule has 0 aromatic heterocycles. The Morgan fingerprint density at radius 1 is 1.19 bits per heavy atom. The van der Waals surface area contributed by atoms with Crippen molar-refractivity contribution in [2.24, 2.45) is 0 Å². The van der Waals surface area contributed by atoms with Crippen LogP contribution in [0.3, 0.4) is 0 Å². The second-order valence-electron chi connectivity index (χ2n) is 6.89. The van der Waals surface area contributed by atoms with Crippen LogP contribution in [0.15, 0.2) is 54.6 Å². The average molecular weight is 366 g/mol. The molecular formula is C21H24N3O3+. The number of para-hydroxylation sites is 1. The predicted molar refractivity (Wildman–Crippen MR) is 104 cm³/mol. The third-order valence-corrected chi connectivity index (χ3v) is 4.86. The van der Waals surface area contributed by atoms with Gasteiger partial charge in [-0.3, -0.25) is 14.9 Å². The van der Waals surface area contributed by atoms with Crippen LogP contribution in [0.5, 0.6) is 0 Å². The van der Waals surface area contributed by atoms with Gasteiger partial charge in [-0.1, -0.05) is 42.0 Å². The standard InChI is InChI=1S/C21H23N3O3/c1-17-5-4-6-18(15-17)16-22-11-13-23(14-12-22)21(25)10-9-19-7-2-3-8-20(19)24(26)27/h2-10,15H,11-14,16H2,1H3/p+1/b10-9+. The maximum absolute atomic E-state index is 12.4. The quantitative estimate of drug-likeness (QED) is 0.499. The number of quaternary nitrogens is 1. The summed E-state index contributed by atoms with van der Waals surface area (Å²) in [5.74, 6) is -0.0947. The summed E-state index contributed by atoms with van der Waals surface area (Å²) in [7, 11) is 0. The Labute approximate surface area is 158 Å². The molecule has 1 N–H and O–H groups in total. The summed E-state index contributed by atoms with van der Waals surface area (Å²) in [5.41, 5.74) is 3.04. The Kier molecular flexibility index (Phi) is 5.98. The highest BCUT2D eigenvalue weighted by Crippen LogP contribution is 2.19. The molecule has 0 saturated carbocycles. The van der Waals surface area contributed by atoms with Crippen LogP contribution in [0, 0.1) is 17.0 Å². The number of nitrogens with zero attached hydrogens (tertiary/aromatic N) is 2. The second kappa shape index (κ2) is 8.60. The molecule has 6 heteroatoms. The molecule has 0 unspecified atom stereocenters. The maximum atomic E-state index is 12.4. The van der Waals surface area contributed by atoms with Gasteiger partial charge in [-0.2, -0.15) is 0 Å². The number of hydrogen-bond donors (Lipinski definition) is 1. The monoisotopic (exact) mass is 366 g/mol. The first-order valence-corrected chi connectivity index (χ1v) is 9.12. The zero-order chi connectivity index (χ0) is 19.2. The number of hydrogen-bond acceptors (Lipinski definition) is 3. The molecule has 2 aromatic carbocycles. The smallest absolute Gasteiger partial charge is 0.276 e. The summed E-state index contributed by atoms with van der Waals surface area (Å²) in [6.45, 7) is 6.26. The normalized spacial score (nSPS) is 15.2. The fourth-order valence-electron chi connectivity index (χ4n) is 3.39. The predicted octanol–water partition coefficient (Wildman–Crippen LogP) is 1.84. The van der Waals surface area contributed by atoms with Crippen molar-refractivity contribution in [1.82, 2.24) is 4.90 Å². The lowest BCUT2D eigenvalue weighted by Crippen LogP contribution is -3.13. The molecular weight excluding hydrogens is 342 g/mol. The average Bonchev–Trinajstić information content (AvgIpc) is 2.67. The Bertz CT molecular complexity index is 855. The molecule has 0 bridgehead atoms. The number of nitrogens with one attached hydrogen (secondary N) is 1.